The Morgan fingerprint density at radius 3 is 2.37 bits per heavy atom. The lowest BCUT2D eigenvalue weighted by Crippen LogP contribution is -2.42. The molecule has 110 valence electrons. The van der Waals surface area contributed by atoms with Gasteiger partial charge in [0.15, 0.2) is 0 Å². The third-order valence-corrected chi connectivity index (χ3v) is 3.86. The van der Waals surface area contributed by atoms with Crippen molar-refractivity contribution >= 4 is 11.9 Å². The molecule has 0 aliphatic heterocycles. The lowest BCUT2D eigenvalue weighted by Gasteiger charge is -2.23. The fraction of sp³-hybridized carbons (Fsp3) is 0.846. The van der Waals surface area contributed by atoms with Gasteiger partial charge in [0.1, 0.15) is 0 Å². The molecule has 1 saturated carbocycles. The number of carboxylic acids is 1. The van der Waals surface area contributed by atoms with Gasteiger partial charge in [-0.25, -0.2) is 0 Å². The second-order valence-electron chi connectivity index (χ2n) is 6.07. The minimum absolute atomic E-state index is 0.0914. The molecule has 1 rings (SSSR count). The van der Waals surface area contributed by atoms with E-state index < -0.39 is 28.8 Å². The molecule has 6 nitrogen and oxygen atoms in total. The van der Waals surface area contributed by atoms with E-state index in [-0.39, 0.29) is 12.5 Å². The van der Waals surface area contributed by atoms with Crippen LogP contribution in [-0.4, -0.2) is 48.0 Å². The van der Waals surface area contributed by atoms with Gasteiger partial charge in [0, 0.05) is 26.7 Å². The van der Waals surface area contributed by atoms with Crippen molar-refractivity contribution in [3.63, 3.8) is 0 Å². The maximum Gasteiger partial charge on any atom is 0.307 e. The highest BCUT2D eigenvalue weighted by Crippen LogP contribution is 2.58. The van der Waals surface area contributed by atoms with Gasteiger partial charge in [0.2, 0.25) is 5.91 Å². The van der Waals surface area contributed by atoms with Gasteiger partial charge in [-0.3, -0.25) is 9.59 Å². The molecule has 3 unspecified atom stereocenters. The minimum atomic E-state index is -1.05. The summed E-state index contributed by atoms with van der Waals surface area (Å²) in [6.07, 6.45) is 0.403. The zero-order valence-corrected chi connectivity index (χ0v) is 11.9. The number of hydrogen-bond acceptors (Lipinski definition) is 4. The number of rotatable bonds is 7. The molecule has 0 saturated heterocycles. The molecule has 0 aromatic rings. The SMILES string of the molecule is COCCC(C)(O)CNC(=O)C1C(C(=O)O)C1(C)C. The number of aliphatic hydroxyl groups is 1. The summed E-state index contributed by atoms with van der Waals surface area (Å²) in [5, 5.41) is 21.6. The molecule has 0 aromatic heterocycles. The summed E-state index contributed by atoms with van der Waals surface area (Å²) < 4.78 is 4.88. The second-order valence-corrected chi connectivity index (χ2v) is 6.07. The van der Waals surface area contributed by atoms with E-state index >= 15 is 0 Å². The van der Waals surface area contributed by atoms with E-state index in [1.165, 1.54) is 0 Å². The van der Waals surface area contributed by atoms with Crippen LogP contribution in [0.4, 0.5) is 0 Å². The monoisotopic (exact) mass is 273 g/mol. The summed E-state index contributed by atoms with van der Waals surface area (Å²) in [5.74, 6) is -2.42. The Kier molecular flexibility index (Phi) is 4.58. The normalized spacial score (nSPS) is 27.4. The van der Waals surface area contributed by atoms with Crippen LogP contribution < -0.4 is 5.32 Å². The zero-order valence-electron chi connectivity index (χ0n) is 11.9. The van der Waals surface area contributed by atoms with Gasteiger partial charge >= 0.3 is 5.97 Å². The van der Waals surface area contributed by atoms with Gasteiger partial charge in [-0.05, 0) is 12.3 Å². The highest BCUT2D eigenvalue weighted by atomic mass is 16.5. The first-order valence-corrected chi connectivity index (χ1v) is 6.35. The molecule has 6 heteroatoms. The molecule has 3 N–H and O–H groups in total. The van der Waals surface area contributed by atoms with Gasteiger partial charge in [0.25, 0.3) is 0 Å². The van der Waals surface area contributed by atoms with Gasteiger partial charge in [-0.15, -0.1) is 0 Å². The number of amides is 1. The smallest absolute Gasteiger partial charge is 0.307 e. The average Bonchev–Trinajstić information content (AvgIpc) is 2.87. The van der Waals surface area contributed by atoms with E-state index in [0.29, 0.717) is 13.0 Å². The summed E-state index contributed by atoms with van der Waals surface area (Å²) >= 11 is 0. The second kappa shape index (κ2) is 5.46. The van der Waals surface area contributed by atoms with Crippen molar-refractivity contribution in [1.82, 2.24) is 5.32 Å². The van der Waals surface area contributed by atoms with Crippen LogP contribution in [0.25, 0.3) is 0 Å². The molecule has 19 heavy (non-hydrogen) atoms. The van der Waals surface area contributed by atoms with E-state index in [9.17, 15) is 14.7 Å². The van der Waals surface area contributed by atoms with Crippen LogP contribution in [0.3, 0.4) is 0 Å². The summed E-state index contributed by atoms with van der Waals surface area (Å²) in [6, 6.07) is 0. The molecule has 1 amide bonds. The summed E-state index contributed by atoms with van der Waals surface area (Å²) in [6.45, 7) is 5.63. The van der Waals surface area contributed by atoms with Gasteiger partial charge < -0.3 is 20.3 Å². The molecule has 0 heterocycles. The molecule has 0 aromatic carbocycles. The lowest BCUT2D eigenvalue weighted by molar-refractivity contribution is -0.140. The molecule has 0 radical (unpaired) electrons. The van der Waals surface area contributed by atoms with Gasteiger partial charge in [-0.1, -0.05) is 13.8 Å². The van der Waals surface area contributed by atoms with Crippen LogP contribution in [0.2, 0.25) is 0 Å². The summed E-state index contributed by atoms with van der Waals surface area (Å²) in [4.78, 5) is 22.9. The van der Waals surface area contributed by atoms with Crippen molar-refractivity contribution in [3.05, 3.63) is 0 Å². The van der Waals surface area contributed by atoms with Crippen molar-refractivity contribution in [1.29, 1.82) is 0 Å². The quantitative estimate of drug-likeness (QED) is 0.618. The first-order valence-electron chi connectivity index (χ1n) is 6.35. The number of carboxylic acid groups (broad SMARTS) is 1. The Bertz CT molecular complexity index is 364. The van der Waals surface area contributed by atoms with E-state index in [1.54, 1.807) is 27.9 Å². The van der Waals surface area contributed by atoms with Crippen LogP contribution in [0.15, 0.2) is 0 Å². The minimum Gasteiger partial charge on any atom is -0.481 e. The lowest BCUT2D eigenvalue weighted by atomic mass is 10.0. The number of aliphatic carboxylic acids is 1. The first kappa shape index (κ1) is 15.9. The molecule has 0 bridgehead atoms. The van der Waals surface area contributed by atoms with Crippen LogP contribution in [-0.2, 0) is 14.3 Å². The van der Waals surface area contributed by atoms with Gasteiger partial charge in [-0.2, -0.15) is 0 Å². The van der Waals surface area contributed by atoms with Gasteiger partial charge in [0.05, 0.1) is 17.4 Å². The predicted octanol–water partition coefficient (Wildman–Crippen LogP) is 0.247. The zero-order chi connectivity index (χ0) is 14.8. The standard InChI is InChI=1S/C13H23NO5/c1-12(2)8(9(12)11(16)17)10(15)14-7-13(3,18)5-6-19-4/h8-9,18H,5-7H2,1-4H3,(H,14,15)(H,16,17). The van der Waals surface area contributed by atoms with Crippen molar-refractivity contribution < 1.29 is 24.5 Å². The fourth-order valence-corrected chi connectivity index (χ4v) is 2.39. The molecule has 1 aliphatic rings. The maximum atomic E-state index is 11.9. The number of carbonyl (C=O) groups excluding carboxylic acids is 1. The van der Waals surface area contributed by atoms with Crippen molar-refractivity contribution in [2.45, 2.75) is 32.8 Å². The van der Waals surface area contributed by atoms with E-state index in [0.717, 1.165) is 0 Å². The molecule has 1 fully saturated rings. The third kappa shape index (κ3) is 3.67. The van der Waals surface area contributed by atoms with Crippen LogP contribution in [0, 0.1) is 17.3 Å². The van der Waals surface area contributed by atoms with Crippen molar-refractivity contribution in [2.24, 2.45) is 17.3 Å². The molecular formula is C13H23NO5. The Hall–Kier alpha value is -1.14. The predicted molar refractivity (Wildman–Crippen MR) is 68.5 cm³/mol. The van der Waals surface area contributed by atoms with Crippen LogP contribution in [0.1, 0.15) is 27.2 Å². The summed E-state index contributed by atoms with van der Waals surface area (Å²) in [5.41, 5.74) is -1.57. The first-order chi connectivity index (χ1) is 8.63. The highest BCUT2D eigenvalue weighted by Gasteiger charge is 2.65. The molecule has 1 aliphatic carbocycles. The summed E-state index contributed by atoms with van der Waals surface area (Å²) in [7, 11) is 1.54. The molecule has 3 atom stereocenters. The topological polar surface area (TPSA) is 95.9 Å². The van der Waals surface area contributed by atoms with E-state index in [2.05, 4.69) is 5.32 Å². The number of carbonyl (C=O) groups is 2. The Morgan fingerprint density at radius 2 is 1.95 bits per heavy atom. The number of nitrogens with one attached hydrogen (secondary N) is 1. The number of hydrogen-bond donors (Lipinski definition) is 3. The number of methoxy groups -OCH3 is 1. The fourth-order valence-electron chi connectivity index (χ4n) is 2.39. The molecule has 0 spiro atoms. The van der Waals surface area contributed by atoms with Crippen molar-refractivity contribution in [2.75, 3.05) is 20.3 Å². The molecular weight excluding hydrogens is 250 g/mol. The van der Waals surface area contributed by atoms with Crippen molar-refractivity contribution in [3.8, 4) is 0 Å². The number of ether oxygens (including phenoxy) is 1. The largest absolute Gasteiger partial charge is 0.481 e. The van der Waals surface area contributed by atoms with E-state index in [4.69, 9.17) is 9.84 Å². The maximum absolute atomic E-state index is 11.9. The average molecular weight is 273 g/mol. The Morgan fingerprint density at radius 1 is 1.37 bits per heavy atom. The van der Waals surface area contributed by atoms with E-state index in [1.807, 2.05) is 0 Å². The Labute approximate surface area is 113 Å². The van der Waals surface area contributed by atoms with Crippen LogP contribution >= 0.6 is 0 Å². The van der Waals surface area contributed by atoms with Crippen LogP contribution in [0.5, 0.6) is 0 Å². The third-order valence-electron chi connectivity index (χ3n) is 3.86. The Balaban J connectivity index is 2.47. The highest BCUT2D eigenvalue weighted by molar-refractivity contribution is 5.91.